The predicted molar refractivity (Wildman–Crippen MR) is 85.9 cm³/mol. The highest BCUT2D eigenvalue weighted by Crippen LogP contribution is 2.13. The zero-order valence-corrected chi connectivity index (χ0v) is 13.0. The molecule has 0 heterocycles. The first-order valence-electron chi connectivity index (χ1n) is 7.26. The Morgan fingerprint density at radius 2 is 1.74 bits per heavy atom. The van der Waals surface area contributed by atoms with Gasteiger partial charge in [0, 0.05) is 0 Å². The van der Waals surface area contributed by atoms with Gasteiger partial charge >= 0.3 is 5.97 Å². The first-order valence-corrected chi connectivity index (χ1v) is 7.26. The number of rotatable bonds is 7. The lowest BCUT2D eigenvalue weighted by atomic mass is 10.1. The van der Waals surface area contributed by atoms with Gasteiger partial charge in [-0.05, 0) is 23.3 Å². The minimum Gasteiger partial charge on any atom is -0.497 e. The lowest BCUT2D eigenvalue weighted by Crippen LogP contribution is -2.31. The third-order valence-electron chi connectivity index (χ3n) is 3.17. The number of ether oxygens (including phenoxy) is 2. The maximum Gasteiger partial charge on any atom is 0.325 e. The fourth-order valence-corrected chi connectivity index (χ4v) is 1.99. The van der Waals surface area contributed by atoms with Crippen LogP contribution >= 0.6 is 0 Å². The Kier molecular flexibility index (Phi) is 6.17. The van der Waals surface area contributed by atoms with Crippen molar-refractivity contribution in [3.63, 3.8) is 0 Å². The van der Waals surface area contributed by atoms with Gasteiger partial charge in [0.25, 0.3) is 0 Å². The Morgan fingerprint density at radius 3 is 2.48 bits per heavy atom. The molecular formula is C18H19NO4. The van der Waals surface area contributed by atoms with Gasteiger partial charge in [-0.25, -0.2) is 0 Å². The Labute approximate surface area is 135 Å². The number of hydrogen-bond donors (Lipinski definition) is 1. The molecule has 0 aliphatic rings. The van der Waals surface area contributed by atoms with E-state index in [1.807, 2.05) is 48.5 Å². The molecule has 0 atom stereocenters. The Bertz CT molecular complexity index is 655. The molecule has 2 aromatic carbocycles. The maximum absolute atomic E-state index is 11.7. The molecule has 0 aliphatic heterocycles. The molecule has 5 nitrogen and oxygen atoms in total. The van der Waals surface area contributed by atoms with Crippen LogP contribution in [0.1, 0.15) is 11.1 Å². The lowest BCUT2D eigenvalue weighted by Gasteiger charge is -2.08. The summed E-state index contributed by atoms with van der Waals surface area (Å²) in [6.07, 6.45) is 0.240. The number of esters is 1. The van der Waals surface area contributed by atoms with Gasteiger partial charge in [-0.15, -0.1) is 0 Å². The molecule has 1 amide bonds. The second-order valence-corrected chi connectivity index (χ2v) is 4.95. The van der Waals surface area contributed by atoms with E-state index in [1.165, 1.54) is 0 Å². The van der Waals surface area contributed by atoms with Gasteiger partial charge in [-0.2, -0.15) is 0 Å². The van der Waals surface area contributed by atoms with E-state index in [-0.39, 0.29) is 25.5 Å². The second kappa shape index (κ2) is 8.58. The molecule has 120 valence electrons. The smallest absolute Gasteiger partial charge is 0.325 e. The summed E-state index contributed by atoms with van der Waals surface area (Å²) in [4.78, 5) is 23.4. The molecule has 0 aliphatic carbocycles. The van der Waals surface area contributed by atoms with Gasteiger partial charge in [-0.3, -0.25) is 9.59 Å². The Hall–Kier alpha value is -2.82. The number of benzene rings is 2. The molecule has 23 heavy (non-hydrogen) atoms. The predicted octanol–water partition coefficient (Wildman–Crippen LogP) is 2.10. The third kappa shape index (κ3) is 5.82. The van der Waals surface area contributed by atoms with Crippen LogP contribution in [0.4, 0.5) is 0 Å². The van der Waals surface area contributed by atoms with Crippen molar-refractivity contribution >= 4 is 11.9 Å². The molecule has 5 heteroatoms. The zero-order chi connectivity index (χ0) is 16.5. The summed E-state index contributed by atoms with van der Waals surface area (Å²) in [6, 6.07) is 16.6. The summed E-state index contributed by atoms with van der Waals surface area (Å²) in [5.74, 6) is 0.0125. The van der Waals surface area contributed by atoms with E-state index in [9.17, 15) is 9.59 Å². The van der Waals surface area contributed by atoms with E-state index >= 15 is 0 Å². The summed E-state index contributed by atoms with van der Waals surface area (Å²) in [6.45, 7) is 0.000223. The number of carbonyl (C=O) groups excluding carboxylic acids is 2. The van der Waals surface area contributed by atoms with Crippen LogP contribution < -0.4 is 10.1 Å². The van der Waals surface area contributed by atoms with Gasteiger partial charge in [-0.1, -0.05) is 42.5 Å². The monoisotopic (exact) mass is 313 g/mol. The van der Waals surface area contributed by atoms with Gasteiger partial charge in [0.1, 0.15) is 18.9 Å². The highest BCUT2D eigenvalue weighted by molar-refractivity contribution is 5.83. The van der Waals surface area contributed by atoms with Crippen molar-refractivity contribution in [3.05, 3.63) is 65.7 Å². The average Bonchev–Trinajstić information content (AvgIpc) is 2.59. The fourth-order valence-electron chi connectivity index (χ4n) is 1.99. The normalized spacial score (nSPS) is 9.96. The fraction of sp³-hybridized carbons (Fsp3) is 0.222. The quantitative estimate of drug-likeness (QED) is 0.795. The van der Waals surface area contributed by atoms with E-state index in [0.717, 1.165) is 11.1 Å². The largest absolute Gasteiger partial charge is 0.497 e. The van der Waals surface area contributed by atoms with Crippen LogP contribution in [-0.4, -0.2) is 25.5 Å². The molecule has 0 saturated heterocycles. The Balaban J connectivity index is 1.71. The van der Waals surface area contributed by atoms with Crippen molar-refractivity contribution in [2.45, 2.75) is 13.0 Å². The molecule has 0 radical (unpaired) electrons. The molecule has 0 saturated carbocycles. The molecule has 2 rings (SSSR count). The van der Waals surface area contributed by atoms with Crippen molar-refractivity contribution in [1.82, 2.24) is 5.32 Å². The average molecular weight is 313 g/mol. The minimum absolute atomic E-state index is 0.143. The van der Waals surface area contributed by atoms with Gasteiger partial charge < -0.3 is 14.8 Å². The van der Waals surface area contributed by atoms with Crippen molar-refractivity contribution in [1.29, 1.82) is 0 Å². The highest BCUT2D eigenvalue weighted by atomic mass is 16.5. The lowest BCUT2D eigenvalue weighted by molar-refractivity contribution is -0.145. The van der Waals surface area contributed by atoms with Gasteiger partial charge in [0.15, 0.2) is 0 Å². The number of amides is 1. The number of carbonyl (C=O) groups is 2. The van der Waals surface area contributed by atoms with Crippen LogP contribution in [-0.2, 0) is 27.4 Å². The van der Waals surface area contributed by atoms with Crippen LogP contribution in [0, 0.1) is 0 Å². The summed E-state index contributed by atoms with van der Waals surface area (Å²) < 4.78 is 10.2. The van der Waals surface area contributed by atoms with E-state index < -0.39 is 5.97 Å². The van der Waals surface area contributed by atoms with E-state index in [2.05, 4.69) is 5.32 Å². The van der Waals surface area contributed by atoms with Crippen LogP contribution in [0.5, 0.6) is 5.75 Å². The number of methoxy groups -OCH3 is 1. The first-order chi connectivity index (χ1) is 11.2. The van der Waals surface area contributed by atoms with E-state index in [4.69, 9.17) is 9.47 Å². The summed E-state index contributed by atoms with van der Waals surface area (Å²) in [5.41, 5.74) is 1.73. The zero-order valence-electron chi connectivity index (χ0n) is 13.0. The first kappa shape index (κ1) is 16.5. The van der Waals surface area contributed by atoms with E-state index in [0.29, 0.717) is 5.75 Å². The number of nitrogens with one attached hydrogen (secondary N) is 1. The minimum atomic E-state index is -0.478. The molecule has 0 unspecified atom stereocenters. The maximum atomic E-state index is 11.7. The van der Waals surface area contributed by atoms with Crippen LogP contribution in [0.15, 0.2) is 54.6 Å². The molecule has 0 spiro atoms. The van der Waals surface area contributed by atoms with E-state index in [1.54, 1.807) is 13.2 Å². The molecule has 0 aromatic heterocycles. The SMILES string of the molecule is COc1cccc(COC(=O)CNC(=O)Cc2ccccc2)c1. The molecule has 0 fully saturated rings. The standard InChI is InChI=1S/C18H19NO4/c1-22-16-9-5-8-15(10-16)13-23-18(21)12-19-17(20)11-14-6-3-2-4-7-14/h2-10H,11-13H2,1H3,(H,19,20). The summed E-state index contributed by atoms with van der Waals surface area (Å²) in [7, 11) is 1.58. The van der Waals surface area contributed by atoms with Gasteiger partial charge in [0.2, 0.25) is 5.91 Å². The van der Waals surface area contributed by atoms with Crippen LogP contribution in [0.25, 0.3) is 0 Å². The molecular weight excluding hydrogens is 294 g/mol. The summed E-state index contributed by atoms with van der Waals surface area (Å²) in [5, 5.41) is 2.55. The molecule has 2 aromatic rings. The van der Waals surface area contributed by atoms with Crippen molar-refractivity contribution in [2.24, 2.45) is 0 Å². The van der Waals surface area contributed by atoms with Crippen LogP contribution in [0.3, 0.4) is 0 Å². The Morgan fingerprint density at radius 1 is 1.00 bits per heavy atom. The highest BCUT2D eigenvalue weighted by Gasteiger charge is 2.08. The summed E-state index contributed by atoms with van der Waals surface area (Å²) >= 11 is 0. The van der Waals surface area contributed by atoms with Gasteiger partial charge in [0.05, 0.1) is 13.5 Å². The molecule has 0 bridgehead atoms. The van der Waals surface area contributed by atoms with Crippen molar-refractivity contribution in [3.8, 4) is 5.75 Å². The van der Waals surface area contributed by atoms with Crippen molar-refractivity contribution in [2.75, 3.05) is 13.7 Å². The number of hydrogen-bond acceptors (Lipinski definition) is 4. The van der Waals surface area contributed by atoms with Crippen LogP contribution in [0.2, 0.25) is 0 Å². The topological polar surface area (TPSA) is 64.6 Å². The third-order valence-corrected chi connectivity index (χ3v) is 3.17. The second-order valence-electron chi connectivity index (χ2n) is 4.95. The van der Waals surface area contributed by atoms with Crippen molar-refractivity contribution < 1.29 is 19.1 Å². The molecule has 1 N–H and O–H groups in total.